The van der Waals surface area contributed by atoms with Crippen LogP contribution >= 0.6 is 11.8 Å². The minimum absolute atomic E-state index is 0.0500. The zero-order valence-corrected chi connectivity index (χ0v) is 18.7. The molecule has 32 heavy (non-hydrogen) atoms. The summed E-state index contributed by atoms with van der Waals surface area (Å²) in [7, 11) is 0. The minimum Gasteiger partial charge on any atom is -0.322 e. The first-order valence-electron chi connectivity index (χ1n) is 10.5. The molecule has 2 aromatic carbocycles. The molecule has 3 heterocycles. The van der Waals surface area contributed by atoms with Gasteiger partial charge in [-0.2, -0.15) is 0 Å². The van der Waals surface area contributed by atoms with Gasteiger partial charge in [0.25, 0.3) is 11.5 Å². The van der Waals surface area contributed by atoms with Gasteiger partial charge < -0.3 is 5.32 Å². The summed E-state index contributed by atoms with van der Waals surface area (Å²) in [6, 6.07) is 15.0. The van der Waals surface area contributed by atoms with Crippen molar-refractivity contribution in [1.29, 1.82) is 0 Å². The number of fused-ring (bicyclic) bond motifs is 2. The van der Waals surface area contributed by atoms with Gasteiger partial charge in [-0.1, -0.05) is 17.8 Å². The number of benzene rings is 2. The highest BCUT2D eigenvalue weighted by Gasteiger charge is 2.18. The Morgan fingerprint density at radius 2 is 1.97 bits per heavy atom. The number of hydrogen-bond acceptors (Lipinski definition) is 5. The third-order valence-electron chi connectivity index (χ3n) is 5.78. The molecule has 0 unspecified atom stereocenters. The quantitative estimate of drug-likeness (QED) is 0.493. The van der Waals surface area contributed by atoms with Crippen LogP contribution in [0.3, 0.4) is 0 Å². The fourth-order valence-corrected chi connectivity index (χ4v) is 4.87. The molecule has 0 saturated heterocycles. The van der Waals surface area contributed by atoms with Gasteiger partial charge in [0.05, 0.1) is 16.5 Å². The first kappa shape index (κ1) is 20.5. The summed E-state index contributed by atoms with van der Waals surface area (Å²) >= 11 is 1.46. The van der Waals surface area contributed by atoms with Gasteiger partial charge in [-0.05, 0) is 73.9 Å². The number of anilines is 1. The maximum Gasteiger partial charge on any atom is 0.261 e. The number of pyridine rings is 1. The lowest BCUT2D eigenvalue weighted by molar-refractivity contribution is 0.102. The molecule has 1 aliphatic rings. The molecule has 0 radical (unpaired) electrons. The molecule has 0 saturated carbocycles. The van der Waals surface area contributed by atoms with Gasteiger partial charge in [-0.25, -0.2) is 9.97 Å². The second-order valence-corrected chi connectivity index (χ2v) is 9.04. The van der Waals surface area contributed by atoms with Gasteiger partial charge in [0.15, 0.2) is 0 Å². The van der Waals surface area contributed by atoms with Crippen molar-refractivity contribution < 1.29 is 4.79 Å². The summed E-state index contributed by atoms with van der Waals surface area (Å²) in [5, 5.41) is 4.07. The van der Waals surface area contributed by atoms with E-state index in [9.17, 15) is 9.59 Å². The summed E-state index contributed by atoms with van der Waals surface area (Å²) in [5.41, 5.74) is 4.07. The predicted octanol–water partition coefficient (Wildman–Crippen LogP) is 4.76. The topological polar surface area (TPSA) is 76.9 Å². The Bertz CT molecular complexity index is 1430. The highest BCUT2D eigenvalue weighted by molar-refractivity contribution is 7.99. The normalized spacial score (nSPS) is 12.7. The van der Waals surface area contributed by atoms with Crippen LogP contribution in [0, 0.1) is 13.8 Å². The molecule has 0 fully saturated rings. The smallest absolute Gasteiger partial charge is 0.261 e. The van der Waals surface area contributed by atoms with E-state index < -0.39 is 0 Å². The average molecular weight is 443 g/mol. The van der Waals surface area contributed by atoms with Crippen LogP contribution in [0.25, 0.3) is 10.9 Å². The van der Waals surface area contributed by atoms with Crippen molar-refractivity contribution in [3.8, 4) is 0 Å². The van der Waals surface area contributed by atoms with Crippen molar-refractivity contribution in [2.75, 3.05) is 5.32 Å². The van der Waals surface area contributed by atoms with E-state index in [2.05, 4.69) is 41.3 Å². The maximum atomic E-state index is 13.1. The molecule has 1 N–H and O–H groups in total. The van der Waals surface area contributed by atoms with Crippen LogP contribution in [-0.2, 0) is 13.0 Å². The maximum absolute atomic E-state index is 13.1. The molecule has 7 heteroatoms. The van der Waals surface area contributed by atoms with Gasteiger partial charge in [0.1, 0.15) is 10.9 Å². The van der Waals surface area contributed by atoms with Crippen molar-refractivity contribution >= 4 is 34.3 Å². The second-order valence-electron chi connectivity index (χ2n) is 7.98. The Balaban J connectivity index is 1.43. The van der Waals surface area contributed by atoms with Crippen LogP contribution in [0.15, 0.2) is 69.4 Å². The Kier molecular flexibility index (Phi) is 5.27. The van der Waals surface area contributed by atoms with Crippen LogP contribution in [0.2, 0.25) is 0 Å². The molecule has 0 atom stereocenters. The molecule has 0 spiro atoms. The first-order chi connectivity index (χ1) is 15.5. The van der Waals surface area contributed by atoms with E-state index >= 15 is 0 Å². The summed E-state index contributed by atoms with van der Waals surface area (Å²) in [5.74, 6) is 0.570. The lowest BCUT2D eigenvalue weighted by Gasteiger charge is -2.11. The fraction of sp³-hybridized carbons (Fsp3) is 0.200. The van der Waals surface area contributed by atoms with Gasteiger partial charge in [-0.3, -0.25) is 14.2 Å². The van der Waals surface area contributed by atoms with Crippen LogP contribution in [0.5, 0.6) is 0 Å². The molecule has 160 valence electrons. The fourth-order valence-electron chi connectivity index (χ4n) is 3.89. The van der Waals surface area contributed by atoms with Crippen molar-refractivity contribution in [1.82, 2.24) is 14.5 Å². The minimum atomic E-state index is -0.266. The molecule has 0 bridgehead atoms. The number of hydrogen-bond donors (Lipinski definition) is 1. The van der Waals surface area contributed by atoms with E-state index in [4.69, 9.17) is 0 Å². The Hall–Kier alpha value is -3.45. The summed E-state index contributed by atoms with van der Waals surface area (Å²) in [6.45, 7) is 4.84. The predicted molar refractivity (Wildman–Crippen MR) is 127 cm³/mol. The number of aromatic nitrogens is 3. The molecule has 6 nitrogen and oxygen atoms in total. The molecule has 1 aliphatic heterocycles. The van der Waals surface area contributed by atoms with E-state index in [-0.39, 0.29) is 11.5 Å². The van der Waals surface area contributed by atoms with Crippen molar-refractivity contribution in [2.45, 2.75) is 43.2 Å². The van der Waals surface area contributed by atoms with Gasteiger partial charge in [0, 0.05) is 29.7 Å². The van der Waals surface area contributed by atoms with Gasteiger partial charge in [0.2, 0.25) is 0 Å². The monoisotopic (exact) mass is 442 g/mol. The molecule has 1 amide bonds. The van der Waals surface area contributed by atoms with Gasteiger partial charge in [-0.15, -0.1) is 0 Å². The number of aryl methyl sites for hydroxylation is 3. The van der Waals surface area contributed by atoms with Crippen molar-refractivity contribution in [2.24, 2.45) is 0 Å². The van der Waals surface area contributed by atoms with Crippen LogP contribution in [0.4, 0.5) is 5.69 Å². The van der Waals surface area contributed by atoms with Crippen LogP contribution in [-0.4, -0.2) is 20.4 Å². The van der Waals surface area contributed by atoms with E-state index in [1.807, 2.05) is 6.07 Å². The standard InChI is InChI=1S/C25H22N4O2S/c1-15-7-9-18(13-16(15)2)32-24-19(5-3-11-26-24)23(30)27-17-8-10-21-20(14-17)25(31)29-12-4-6-22(29)28-21/h3,5,7-11,13-14H,4,6,12H2,1-2H3,(H,27,30). The Morgan fingerprint density at radius 1 is 1.09 bits per heavy atom. The van der Waals surface area contributed by atoms with Gasteiger partial charge >= 0.3 is 0 Å². The number of nitrogens with zero attached hydrogens (tertiary/aromatic N) is 3. The Labute approximate surface area is 189 Å². The second kappa shape index (κ2) is 8.24. The third-order valence-corrected chi connectivity index (χ3v) is 6.79. The van der Waals surface area contributed by atoms with Crippen molar-refractivity contribution in [3.63, 3.8) is 0 Å². The number of carbonyl (C=O) groups is 1. The number of rotatable bonds is 4. The van der Waals surface area contributed by atoms with Crippen LogP contribution < -0.4 is 10.9 Å². The molecule has 4 aromatic rings. The largest absolute Gasteiger partial charge is 0.322 e. The zero-order valence-electron chi connectivity index (χ0n) is 17.9. The zero-order chi connectivity index (χ0) is 22.2. The highest BCUT2D eigenvalue weighted by Crippen LogP contribution is 2.30. The third kappa shape index (κ3) is 3.80. The van der Waals surface area contributed by atoms with E-state index in [0.29, 0.717) is 33.7 Å². The van der Waals surface area contributed by atoms with E-state index in [0.717, 1.165) is 23.6 Å². The molecular weight excluding hydrogens is 420 g/mol. The number of nitrogens with one attached hydrogen (secondary N) is 1. The molecule has 5 rings (SSSR count). The lowest BCUT2D eigenvalue weighted by atomic mass is 10.1. The molecular formula is C25H22N4O2S. The molecule has 0 aliphatic carbocycles. The van der Waals surface area contributed by atoms with Crippen molar-refractivity contribution in [3.05, 3.63) is 87.6 Å². The Morgan fingerprint density at radius 3 is 2.81 bits per heavy atom. The summed E-state index contributed by atoms with van der Waals surface area (Å²) in [6.07, 6.45) is 3.44. The SMILES string of the molecule is Cc1ccc(Sc2ncccc2C(=O)Nc2ccc3nc4n(c(=O)c3c2)CCC4)cc1C. The molecule has 2 aromatic heterocycles. The lowest BCUT2D eigenvalue weighted by Crippen LogP contribution is -2.21. The highest BCUT2D eigenvalue weighted by atomic mass is 32.2. The van der Waals surface area contributed by atoms with E-state index in [1.165, 1.54) is 22.9 Å². The summed E-state index contributed by atoms with van der Waals surface area (Å²) in [4.78, 5) is 36.0. The average Bonchev–Trinajstić information content (AvgIpc) is 3.26. The summed E-state index contributed by atoms with van der Waals surface area (Å²) < 4.78 is 1.73. The van der Waals surface area contributed by atoms with Crippen LogP contribution in [0.1, 0.15) is 33.7 Å². The van der Waals surface area contributed by atoms with E-state index in [1.54, 1.807) is 41.1 Å². The first-order valence-corrected chi connectivity index (χ1v) is 11.4. The number of amides is 1. The number of carbonyl (C=O) groups excluding carboxylic acids is 1.